The third-order valence-corrected chi connectivity index (χ3v) is 7.70. The zero-order chi connectivity index (χ0) is 30.6. The van der Waals surface area contributed by atoms with Crippen molar-refractivity contribution in [3.8, 4) is 11.5 Å². The van der Waals surface area contributed by atoms with Crippen LogP contribution in [0.25, 0.3) is 11.1 Å². The van der Waals surface area contributed by atoms with Crippen LogP contribution in [0, 0.1) is 0 Å². The molecule has 10 atom stereocenters. The standard InChI is InChI=1S/C30H40O12/c1-3-19(15-5-9-17(33)10-6-15)20(4-2)16-7-11-18(12-8-16)39-29-27(38)25(36)28(22(14-32)41-29)42-30-26(37)24(35)23(34)21(13-31)40-30/h5-12,21-38H,3-4,13-14H2,1-2H3/b20-19-. The van der Waals surface area contributed by atoms with Gasteiger partial charge in [0.25, 0.3) is 0 Å². The molecule has 2 aliphatic heterocycles. The number of benzene rings is 2. The second kappa shape index (κ2) is 14.2. The lowest BCUT2D eigenvalue weighted by atomic mass is 9.91. The van der Waals surface area contributed by atoms with Crippen molar-refractivity contribution in [2.45, 2.75) is 88.1 Å². The highest BCUT2D eigenvalue weighted by Gasteiger charge is 2.51. The Hall–Kier alpha value is -2.62. The summed E-state index contributed by atoms with van der Waals surface area (Å²) >= 11 is 0. The van der Waals surface area contributed by atoms with Gasteiger partial charge in [-0.1, -0.05) is 38.1 Å². The number of aliphatic hydroxyl groups excluding tert-OH is 7. The maximum absolute atomic E-state index is 10.8. The van der Waals surface area contributed by atoms with Crippen LogP contribution in [0.2, 0.25) is 0 Å². The number of phenols is 1. The van der Waals surface area contributed by atoms with Gasteiger partial charge in [-0.05, 0) is 59.4 Å². The number of aromatic hydroxyl groups is 1. The lowest BCUT2D eigenvalue weighted by Gasteiger charge is -2.45. The highest BCUT2D eigenvalue weighted by atomic mass is 16.7. The van der Waals surface area contributed by atoms with Crippen molar-refractivity contribution in [2.24, 2.45) is 0 Å². The zero-order valence-electron chi connectivity index (χ0n) is 23.4. The fraction of sp³-hybridized carbons (Fsp3) is 0.533. The minimum absolute atomic E-state index is 0.196. The van der Waals surface area contributed by atoms with Gasteiger partial charge >= 0.3 is 0 Å². The topological polar surface area (TPSA) is 199 Å². The van der Waals surface area contributed by atoms with Crippen molar-refractivity contribution in [1.82, 2.24) is 0 Å². The minimum Gasteiger partial charge on any atom is -0.508 e. The molecule has 8 N–H and O–H groups in total. The van der Waals surface area contributed by atoms with Crippen LogP contribution in [0.5, 0.6) is 11.5 Å². The van der Waals surface area contributed by atoms with E-state index in [9.17, 15) is 40.9 Å². The number of ether oxygens (including phenoxy) is 4. The highest BCUT2D eigenvalue weighted by molar-refractivity contribution is 5.90. The Kier molecular flexibility index (Phi) is 10.9. The van der Waals surface area contributed by atoms with E-state index in [4.69, 9.17) is 18.9 Å². The van der Waals surface area contributed by atoms with E-state index in [1.54, 1.807) is 24.3 Å². The fourth-order valence-corrected chi connectivity index (χ4v) is 5.37. The average Bonchev–Trinajstić information content (AvgIpc) is 3.00. The first kappa shape index (κ1) is 32.3. The molecule has 0 saturated carbocycles. The molecular formula is C30H40O12. The molecule has 4 rings (SSSR count). The maximum atomic E-state index is 10.8. The van der Waals surface area contributed by atoms with Gasteiger partial charge in [-0.25, -0.2) is 0 Å². The van der Waals surface area contributed by atoms with Crippen LogP contribution in [0.3, 0.4) is 0 Å². The Bertz CT molecular complexity index is 1170. The third kappa shape index (κ3) is 6.79. The maximum Gasteiger partial charge on any atom is 0.229 e. The van der Waals surface area contributed by atoms with Crippen LogP contribution in [-0.2, 0) is 14.2 Å². The Balaban J connectivity index is 1.47. The zero-order valence-corrected chi connectivity index (χ0v) is 23.4. The van der Waals surface area contributed by atoms with Crippen LogP contribution >= 0.6 is 0 Å². The third-order valence-electron chi connectivity index (χ3n) is 7.70. The van der Waals surface area contributed by atoms with Crippen LogP contribution in [0.1, 0.15) is 37.8 Å². The summed E-state index contributed by atoms with van der Waals surface area (Å²) in [7, 11) is 0. The summed E-state index contributed by atoms with van der Waals surface area (Å²) in [6, 6.07) is 14.2. The second-order valence-electron chi connectivity index (χ2n) is 10.4. The molecule has 2 heterocycles. The molecule has 12 nitrogen and oxygen atoms in total. The molecule has 12 heteroatoms. The van der Waals surface area contributed by atoms with Crippen LogP contribution in [0.4, 0.5) is 0 Å². The molecular weight excluding hydrogens is 552 g/mol. The summed E-state index contributed by atoms with van der Waals surface area (Å²) in [5, 5.41) is 80.9. The molecule has 0 aliphatic carbocycles. The van der Waals surface area contributed by atoms with Gasteiger partial charge in [-0.2, -0.15) is 0 Å². The van der Waals surface area contributed by atoms with E-state index in [1.807, 2.05) is 24.3 Å². The first-order valence-electron chi connectivity index (χ1n) is 14.0. The largest absolute Gasteiger partial charge is 0.508 e. The summed E-state index contributed by atoms with van der Waals surface area (Å²) in [4.78, 5) is 0. The van der Waals surface area contributed by atoms with Gasteiger partial charge in [0.2, 0.25) is 6.29 Å². The summed E-state index contributed by atoms with van der Waals surface area (Å²) in [6.45, 7) is 2.78. The molecule has 232 valence electrons. The first-order chi connectivity index (χ1) is 20.1. The summed E-state index contributed by atoms with van der Waals surface area (Å²) in [5.41, 5.74) is 4.22. The van der Waals surface area contributed by atoms with Crippen LogP contribution in [0.15, 0.2) is 48.5 Å². The second-order valence-corrected chi connectivity index (χ2v) is 10.4. The number of phenolic OH excluding ortho intramolecular Hbond substituents is 1. The predicted octanol–water partition coefficient (Wildman–Crippen LogP) is 0.126. The van der Waals surface area contributed by atoms with E-state index in [0.717, 1.165) is 35.1 Å². The Labute approximate surface area is 243 Å². The Morgan fingerprint density at radius 1 is 0.643 bits per heavy atom. The Morgan fingerprint density at radius 2 is 1.14 bits per heavy atom. The van der Waals surface area contributed by atoms with E-state index in [1.165, 1.54) is 0 Å². The molecule has 2 saturated heterocycles. The van der Waals surface area contributed by atoms with Crippen molar-refractivity contribution >= 4 is 11.1 Å². The molecule has 42 heavy (non-hydrogen) atoms. The number of allylic oxidation sites excluding steroid dienone is 2. The van der Waals surface area contributed by atoms with Crippen molar-refractivity contribution < 1.29 is 59.8 Å². The molecule has 0 bridgehead atoms. The number of hydrogen-bond donors (Lipinski definition) is 8. The van der Waals surface area contributed by atoms with Gasteiger partial charge < -0.3 is 59.8 Å². The molecule has 2 aromatic carbocycles. The van der Waals surface area contributed by atoms with Gasteiger partial charge in [0.15, 0.2) is 6.29 Å². The smallest absolute Gasteiger partial charge is 0.229 e. The van der Waals surface area contributed by atoms with E-state index < -0.39 is 74.6 Å². The average molecular weight is 593 g/mol. The van der Waals surface area contributed by atoms with Crippen molar-refractivity contribution in [3.05, 3.63) is 59.7 Å². The molecule has 0 radical (unpaired) electrons. The molecule has 2 fully saturated rings. The van der Waals surface area contributed by atoms with E-state index in [0.29, 0.717) is 5.75 Å². The summed E-state index contributed by atoms with van der Waals surface area (Å²) in [6.07, 6.45) is -13.7. The quantitative estimate of drug-likeness (QED) is 0.174. The van der Waals surface area contributed by atoms with Gasteiger partial charge in [-0.15, -0.1) is 0 Å². The molecule has 0 amide bonds. The predicted molar refractivity (Wildman–Crippen MR) is 149 cm³/mol. The molecule has 2 aliphatic rings. The minimum atomic E-state index is -1.75. The van der Waals surface area contributed by atoms with Crippen LogP contribution in [-0.4, -0.2) is 115 Å². The van der Waals surface area contributed by atoms with Crippen molar-refractivity contribution in [3.63, 3.8) is 0 Å². The van der Waals surface area contributed by atoms with Gasteiger partial charge in [0.05, 0.1) is 13.2 Å². The van der Waals surface area contributed by atoms with Crippen molar-refractivity contribution in [1.29, 1.82) is 0 Å². The highest BCUT2D eigenvalue weighted by Crippen LogP contribution is 2.34. The number of aliphatic hydroxyl groups is 7. The molecule has 0 spiro atoms. The molecule has 0 aromatic heterocycles. The van der Waals surface area contributed by atoms with Crippen LogP contribution < -0.4 is 4.74 Å². The number of hydrogen-bond acceptors (Lipinski definition) is 12. The van der Waals surface area contributed by atoms with E-state index in [2.05, 4.69) is 13.8 Å². The van der Waals surface area contributed by atoms with E-state index in [-0.39, 0.29) is 5.75 Å². The lowest BCUT2D eigenvalue weighted by Crippen LogP contribution is -2.65. The monoisotopic (exact) mass is 592 g/mol. The first-order valence-corrected chi connectivity index (χ1v) is 14.0. The Morgan fingerprint density at radius 3 is 1.67 bits per heavy atom. The van der Waals surface area contributed by atoms with Gasteiger partial charge in [-0.3, -0.25) is 0 Å². The van der Waals surface area contributed by atoms with Gasteiger partial charge in [0.1, 0.15) is 60.3 Å². The summed E-state index contributed by atoms with van der Waals surface area (Å²) in [5.74, 6) is 0.527. The number of rotatable bonds is 10. The SMILES string of the molecule is CC/C(=C(\CC)c1ccc(OC2OC(CO)C(OC3OC(CO)C(O)C(O)C3O)C(O)C2O)cc1)c1ccc(O)cc1. The fourth-order valence-electron chi connectivity index (χ4n) is 5.37. The molecule has 10 unspecified atom stereocenters. The lowest BCUT2D eigenvalue weighted by molar-refractivity contribution is -0.352. The van der Waals surface area contributed by atoms with Crippen molar-refractivity contribution in [2.75, 3.05) is 13.2 Å². The molecule has 2 aromatic rings. The normalized spacial score (nSPS) is 34.1. The van der Waals surface area contributed by atoms with E-state index >= 15 is 0 Å². The van der Waals surface area contributed by atoms with Gasteiger partial charge in [0, 0.05) is 0 Å². The summed E-state index contributed by atoms with van der Waals surface area (Å²) < 4.78 is 22.4.